The van der Waals surface area contributed by atoms with Gasteiger partial charge >= 0.3 is 0 Å². The van der Waals surface area contributed by atoms with Crippen molar-refractivity contribution in [1.29, 1.82) is 0 Å². The summed E-state index contributed by atoms with van der Waals surface area (Å²) in [4.78, 5) is 0. The number of hydrogen-bond donors (Lipinski definition) is 1. The molecule has 3 heteroatoms. The van der Waals surface area contributed by atoms with E-state index in [0.29, 0.717) is 0 Å². The maximum Gasteiger partial charge on any atom is 0.266 e. The third-order valence-corrected chi connectivity index (χ3v) is 5.30. The smallest absolute Gasteiger partial charge is 0.266 e. The van der Waals surface area contributed by atoms with Gasteiger partial charge in [-0.05, 0) is 88.2 Å². The Morgan fingerprint density at radius 3 is 2.00 bits per heavy atom. The van der Waals surface area contributed by atoms with E-state index in [2.05, 4.69) is 12.2 Å². The highest BCUT2D eigenvalue weighted by Gasteiger charge is 2.30. The Labute approximate surface area is 122 Å². The zero-order valence-electron chi connectivity index (χ0n) is 12.7. The van der Waals surface area contributed by atoms with Gasteiger partial charge in [0.15, 0.2) is 0 Å². The lowest BCUT2D eigenvalue weighted by Crippen LogP contribution is -2.35. The molecule has 116 valence electrons. The van der Waals surface area contributed by atoms with Gasteiger partial charge in [-0.15, -0.1) is 0 Å². The first-order chi connectivity index (χ1) is 9.69. The van der Waals surface area contributed by atoms with Crippen LogP contribution in [0.15, 0.2) is 12.2 Å². The summed E-state index contributed by atoms with van der Waals surface area (Å²) in [6, 6.07) is 0.728. The van der Waals surface area contributed by atoms with E-state index in [1.807, 2.05) is 0 Å². The van der Waals surface area contributed by atoms with Crippen molar-refractivity contribution in [2.24, 2.45) is 17.8 Å². The predicted octanol–water partition coefficient (Wildman–Crippen LogP) is 5.13. The second kappa shape index (κ2) is 8.11. The van der Waals surface area contributed by atoms with Crippen LogP contribution >= 0.6 is 0 Å². The van der Waals surface area contributed by atoms with E-state index in [-0.39, 0.29) is 5.92 Å². The molecule has 1 nitrogen and oxygen atoms in total. The van der Waals surface area contributed by atoms with Gasteiger partial charge in [-0.25, -0.2) is 0 Å². The number of allylic oxidation sites excluding steroid dienone is 1. The summed E-state index contributed by atoms with van der Waals surface area (Å²) >= 11 is 0. The van der Waals surface area contributed by atoms with Crippen LogP contribution in [-0.4, -0.2) is 12.6 Å². The van der Waals surface area contributed by atoms with Crippen LogP contribution in [0.2, 0.25) is 0 Å². The maximum absolute atomic E-state index is 12.3. The van der Waals surface area contributed by atoms with Crippen molar-refractivity contribution in [2.45, 2.75) is 70.8 Å². The van der Waals surface area contributed by atoms with Gasteiger partial charge in [-0.1, -0.05) is 6.92 Å². The molecule has 2 aliphatic carbocycles. The second-order valence-corrected chi connectivity index (χ2v) is 6.70. The predicted molar refractivity (Wildman–Crippen MR) is 79.8 cm³/mol. The highest BCUT2D eigenvalue weighted by Crippen LogP contribution is 2.40. The molecule has 2 saturated carbocycles. The van der Waals surface area contributed by atoms with Gasteiger partial charge in [-0.2, -0.15) is 8.78 Å². The van der Waals surface area contributed by atoms with Crippen LogP contribution in [-0.2, 0) is 0 Å². The minimum Gasteiger partial charge on any atom is -0.314 e. The molecule has 1 N–H and O–H groups in total. The van der Waals surface area contributed by atoms with Crippen LogP contribution in [0.5, 0.6) is 0 Å². The summed E-state index contributed by atoms with van der Waals surface area (Å²) in [5.74, 6) is 1.79. The van der Waals surface area contributed by atoms with Gasteiger partial charge in [-0.3, -0.25) is 0 Å². The van der Waals surface area contributed by atoms with E-state index in [9.17, 15) is 8.78 Å². The monoisotopic (exact) mass is 285 g/mol. The molecule has 0 spiro atoms. The van der Waals surface area contributed by atoms with Crippen molar-refractivity contribution in [3.8, 4) is 0 Å². The normalized spacial score (nSPS) is 34.8. The molecular formula is C17H29F2N. The third kappa shape index (κ3) is 4.83. The fraction of sp³-hybridized carbons (Fsp3) is 0.882. The van der Waals surface area contributed by atoms with E-state index >= 15 is 0 Å². The minimum atomic E-state index is -1.49. The van der Waals surface area contributed by atoms with Gasteiger partial charge in [0.2, 0.25) is 0 Å². The molecule has 0 aromatic carbocycles. The lowest BCUT2D eigenvalue weighted by Gasteiger charge is -2.37. The molecule has 0 bridgehead atoms. The van der Waals surface area contributed by atoms with E-state index in [1.54, 1.807) is 0 Å². The van der Waals surface area contributed by atoms with Crippen LogP contribution in [0.4, 0.5) is 8.78 Å². The van der Waals surface area contributed by atoms with Crippen molar-refractivity contribution in [3.05, 3.63) is 12.2 Å². The first-order valence-electron chi connectivity index (χ1n) is 8.45. The highest BCUT2D eigenvalue weighted by molar-refractivity contribution is 4.92. The van der Waals surface area contributed by atoms with Gasteiger partial charge in [0.05, 0.1) is 0 Å². The molecule has 0 heterocycles. The topological polar surface area (TPSA) is 12.0 Å². The molecule has 0 atom stereocenters. The summed E-state index contributed by atoms with van der Waals surface area (Å²) in [5, 5.41) is 3.63. The van der Waals surface area contributed by atoms with Crippen molar-refractivity contribution in [2.75, 3.05) is 6.54 Å². The zero-order valence-corrected chi connectivity index (χ0v) is 12.7. The Morgan fingerprint density at radius 2 is 1.50 bits per heavy atom. The summed E-state index contributed by atoms with van der Waals surface area (Å²) < 4.78 is 24.5. The van der Waals surface area contributed by atoms with Gasteiger partial charge in [0, 0.05) is 6.04 Å². The average molecular weight is 285 g/mol. The Balaban J connectivity index is 1.69. The van der Waals surface area contributed by atoms with Crippen molar-refractivity contribution >= 4 is 0 Å². The molecule has 0 radical (unpaired) electrons. The second-order valence-electron chi connectivity index (χ2n) is 6.70. The lowest BCUT2D eigenvalue weighted by molar-refractivity contribution is 0.163. The van der Waals surface area contributed by atoms with Gasteiger partial charge < -0.3 is 5.32 Å². The zero-order chi connectivity index (χ0) is 14.4. The Bertz CT molecular complexity index is 296. The van der Waals surface area contributed by atoms with Crippen molar-refractivity contribution in [1.82, 2.24) is 5.32 Å². The largest absolute Gasteiger partial charge is 0.314 e. The van der Waals surface area contributed by atoms with Crippen LogP contribution in [0, 0.1) is 17.8 Å². The minimum absolute atomic E-state index is 0.138. The fourth-order valence-corrected chi connectivity index (χ4v) is 4.10. The lowest BCUT2D eigenvalue weighted by atomic mass is 9.70. The summed E-state index contributed by atoms with van der Waals surface area (Å²) in [6.07, 6.45) is 10.5. The number of nitrogens with one attached hydrogen (secondary N) is 1. The molecule has 2 aliphatic rings. The molecule has 0 unspecified atom stereocenters. The first kappa shape index (κ1) is 15.9. The van der Waals surface area contributed by atoms with Crippen LogP contribution < -0.4 is 5.32 Å². The Kier molecular flexibility index (Phi) is 6.47. The van der Waals surface area contributed by atoms with Gasteiger partial charge in [0.1, 0.15) is 0 Å². The third-order valence-electron chi connectivity index (χ3n) is 5.30. The Morgan fingerprint density at radius 1 is 0.950 bits per heavy atom. The number of hydrogen-bond acceptors (Lipinski definition) is 1. The molecule has 2 rings (SSSR count). The van der Waals surface area contributed by atoms with Crippen molar-refractivity contribution < 1.29 is 8.78 Å². The quantitative estimate of drug-likeness (QED) is 0.738. The maximum atomic E-state index is 12.3. The summed E-state index contributed by atoms with van der Waals surface area (Å²) in [5.41, 5.74) is 0. The molecule has 20 heavy (non-hydrogen) atoms. The molecule has 0 aromatic heterocycles. The average Bonchev–Trinajstić information content (AvgIpc) is 2.46. The summed E-state index contributed by atoms with van der Waals surface area (Å²) in [6.45, 7) is 3.35. The van der Waals surface area contributed by atoms with E-state index in [0.717, 1.165) is 50.1 Å². The summed E-state index contributed by atoms with van der Waals surface area (Å²) in [7, 11) is 0. The van der Waals surface area contributed by atoms with E-state index < -0.39 is 6.08 Å². The standard InChI is InChI=1S/C17H29F2N/c1-2-11-20-16-9-7-15(8-10-16)14-5-3-13(4-6-14)12-17(18)19/h12-16,20H,2-11H2,1H3. The first-order valence-corrected chi connectivity index (χ1v) is 8.45. The molecule has 0 amide bonds. The number of rotatable bonds is 5. The Hall–Kier alpha value is -0.440. The van der Waals surface area contributed by atoms with Crippen LogP contribution in [0.25, 0.3) is 0 Å². The molecular weight excluding hydrogens is 256 g/mol. The van der Waals surface area contributed by atoms with E-state index in [4.69, 9.17) is 0 Å². The molecule has 0 saturated heterocycles. The molecule has 0 aliphatic heterocycles. The highest BCUT2D eigenvalue weighted by atomic mass is 19.3. The van der Waals surface area contributed by atoms with Crippen molar-refractivity contribution in [3.63, 3.8) is 0 Å². The SMILES string of the molecule is CCCNC1CCC(C2CCC(C=C(F)F)CC2)CC1. The van der Waals surface area contributed by atoms with E-state index in [1.165, 1.54) is 38.2 Å². The number of halogens is 2. The molecule has 2 fully saturated rings. The van der Waals surface area contributed by atoms with Crippen LogP contribution in [0.3, 0.4) is 0 Å². The van der Waals surface area contributed by atoms with Crippen LogP contribution in [0.1, 0.15) is 64.7 Å². The van der Waals surface area contributed by atoms with Gasteiger partial charge in [0.25, 0.3) is 6.08 Å². The molecule has 0 aromatic rings. The fourth-order valence-electron chi connectivity index (χ4n) is 4.10.